The largest absolute Gasteiger partial charge is 0.454 e. The molecule has 1 N–H and O–H groups in total. The molecule has 1 amide bonds. The second kappa shape index (κ2) is 11.4. The third kappa shape index (κ3) is 7.53. The van der Waals surface area contributed by atoms with Gasteiger partial charge in [-0.1, -0.05) is 42.2 Å². The molecule has 0 fully saturated rings. The van der Waals surface area contributed by atoms with E-state index in [4.69, 9.17) is 32.5 Å². The summed E-state index contributed by atoms with van der Waals surface area (Å²) in [4.78, 5) is 29.3. The molecule has 2 aromatic rings. The van der Waals surface area contributed by atoms with Crippen molar-refractivity contribution in [2.75, 3.05) is 12.0 Å². The minimum atomic E-state index is -0.834. The van der Waals surface area contributed by atoms with Crippen LogP contribution >= 0.6 is 35.0 Å². The van der Waals surface area contributed by atoms with Gasteiger partial charge in [-0.3, -0.25) is 4.79 Å². The van der Waals surface area contributed by atoms with Gasteiger partial charge in [0.15, 0.2) is 12.4 Å². The SMILES string of the molecule is CSCCC(NC(=O)c1ccc(Cl)cc1Cl)C(=O)OCc1nc(CC(C)C)no1. The van der Waals surface area contributed by atoms with Crippen LogP contribution in [-0.2, 0) is 22.6 Å². The van der Waals surface area contributed by atoms with E-state index in [1.165, 1.54) is 12.1 Å². The Hall–Kier alpha value is -1.77. The highest BCUT2D eigenvalue weighted by atomic mass is 35.5. The van der Waals surface area contributed by atoms with Crippen molar-refractivity contribution in [3.63, 3.8) is 0 Å². The number of rotatable bonds is 10. The first-order chi connectivity index (χ1) is 13.8. The normalized spacial score (nSPS) is 12.1. The number of aromatic nitrogens is 2. The summed E-state index contributed by atoms with van der Waals surface area (Å²) in [6.45, 7) is 3.93. The third-order valence-electron chi connectivity index (χ3n) is 3.82. The van der Waals surface area contributed by atoms with Gasteiger partial charge < -0.3 is 14.6 Å². The average molecular weight is 460 g/mol. The zero-order chi connectivity index (χ0) is 21.4. The van der Waals surface area contributed by atoms with Crippen molar-refractivity contribution in [3.05, 3.63) is 45.5 Å². The lowest BCUT2D eigenvalue weighted by atomic mass is 10.1. The van der Waals surface area contributed by atoms with E-state index >= 15 is 0 Å². The molecule has 7 nitrogen and oxygen atoms in total. The molecule has 1 unspecified atom stereocenters. The lowest BCUT2D eigenvalue weighted by Gasteiger charge is -2.17. The highest BCUT2D eigenvalue weighted by Crippen LogP contribution is 2.21. The van der Waals surface area contributed by atoms with E-state index in [0.29, 0.717) is 35.4 Å². The van der Waals surface area contributed by atoms with Gasteiger partial charge in [0.1, 0.15) is 6.04 Å². The topological polar surface area (TPSA) is 94.3 Å². The molecular formula is C19H23Cl2N3O4S. The Kier molecular flexibility index (Phi) is 9.26. The second-order valence-electron chi connectivity index (χ2n) is 6.74. The maximum atomic E-state index is 12.5. The van der Waals surface area contributed by atoms with E-state index in [0.717, 1.165) is 0 Å². The summed E-state index contributed by atoms with van der Waals surface area (Å²) >= 11 is 13.5. The Morgan fingerprint density at radius 1 is 1.31 bits per heavy atom. The first-order valence-corrected chi connectivity index (χ1v) is 11.2. The molecule has 1 aromatic carbocycles. The van der Waals surface area contributed by atoms with Crippen LogP contribution in [0.3, 0.4) is 0 Å². The van der Waals surface area contributed by atoms with Crippen LogP contribution in [0.15, 0.2) is 22.7 Å². The second-order valence-corrected chi connectivity index (χ2v) is 8.57. The fraction of sp³-hybridized carbons (Fsp3) is 0.474. The van der Waals surface area contributed by atoms with Crippen molar-refractivity contribution in [1.29, 1.82) is 0 Å². The number of hydrogen-bond donors (Lipinski definition) is 1. The lowest BCUT2D eigenvalue weighted by molar-refractivity contribution is -0.148. The lowest BCUT2D eigenvalue weighted by Crippen LogP contribution is -2.42. The Morgan fingerprint density at radius 2 is 2.07 bits per heavy atom. The Bertz CT molecular complexity index is 845. The minimum Gasteiger partial charge on any atom is -0.454 e. The quantitative estimate of drug-likeness (QED) is 0.532. The number of carbonyl (C=O) groups is 2. The van der Waals surface area contributed by atoms with E-state index in [2.05, 4.69) is 15.5 Å². The number of ether oxygens (including phenoxy) is 1. The van der Waals surface area contributed by atoms with Crippen LogP contribution in [0.4, 0.5) is 0 Å². The molecule has 0 spiro atoms. The summed E-state index contributed by atoms with van der Waals surface area (Å²) in [6, 6.07) is 3.70. The number of thioether (sulfide) groups is 1. The average Bonchev–Trinajstić information content (AvgIpc) is 3.09. The molecule has 1 aromatic heterocycles. The van der Waals surface area contributed by atoms with E-state index in [9.17, 15) is 9.59 Å². The monoisotopic (exact) mass is 459 g/mol. The van der Waals surface area contributed by atoms with E-state index in [1.807, 2.05) is 20.1 Å². The Morgan fingerprint density at radius 3 is 2.72 bits per heavy atom. The van der Waals surface area contributed by atoms with Crippen molar-refractivity contribution in [1.82, 2.24) is 15.5 Å². The van der Waals surface area contributed by atoms with Gasteiger partial charge in [0.05, 0.1) is 10.6 Å². The Balaban J connectivity index is 1.99. The Labute approximate surface area is 183 Å². The molecule has 0 aliphatic heterocycles. The van der Waals surface area contributed by atoms with E-state index in [1.54, 1.807) is 17.8 Å². The number of nitrogens with zero attached hydrogens (tertiary/aromatic N) is 2. The van der Waals surface area contributed by atoms with Gasteiger partial charge in [0.2, 0.25) is 0 Å². The van der Waals surface area contributed by atoms with Crippen LogP contribution in [-0.4, -0.2) is 40.1 Å². The predicted molar refractivity (Wildman–Crippen MR) is 113 cm³/mol. The van der Waals surface area contributed by atoms with Crippen LogP contribution in [0.1, 0.15) is 42.3 Å². The molecule has 2 rings (SSSR count). The molecule has 0 saturated carbocycles. The van der Waals surface area contributed by atoms with Gasteiger partial charge in [-0.05, 0) is 42.5 Å². The minimum absolute atomic E-state index is 0.155. The first kappa shape index (κ1) is 23.5. The molecule has 0 radical (unpaired) electrons. The van der Waals surface area contributed by atoms with Gasteiger partial charge in [-0.15, -0.1) is 0 Å². The summed E-state index contributed by atoms with van der Waals surface area (Å²) < 4.78 is 10.4. The molecule has 0 bridgehead atoms. The molecule has 0 saturated heterocycles. The number of amides is 1. The standard InChI is InChI=1S/C19H23Cl2N3O4S/c1-11(2)8-16-23-17(28-24-16)10-27-19(26)15(6-7-29-3)22-18(25)13-5-4-12(20)9-14(13)21/h4-5,9,11,15H,6-8,10H2,1-3H3,(H,22,25). The number of carbonyl (C=O) groups excluding carboxylic acids is 2. The van der Waals surface area contributed by atoms with Crippen molar-refractivity contribution in [2.24, 2.45) is 5.92 Å². The molecule has 0 aliphatic rings. The van der Waals surface area contributed by atoms with Gasteiger partial charge in [0.25, 0.3) is 11.8 Å². The number of benzene rings is 1. The summed E-state index contributed by atoms with van der Waals surface area (Å²) in [7, 11) is 0. The third-order valence-corrected chi connectivity index (χ3v) is 5.01. The molecule has 0 aliphatic carbocycles. The summed E-state index contributed by atoms with van der Waals surface area (Å²) in [5.41, 5.74) is 0.230. The maximum absolute atomic E-state index is 12.5. The molecule has 158 valence electrons. The van der Waals surface area contributed by atoms with Crippen LogP contribution < -0.4 is 5.32 Å². The summed E-state index contributed by atoms with van der Waals surface area (Å²) in [5, 5.41) is 7.15. The van der Waals surface area contributed by atoms with Crippen LogP contribution in [0.25, 0.3) is 0 Å². The van der Waals surface area contributed by atoms with Crippen LogP contribution in [0, 0.1) is 5.92 Å². The molecular weight excluding hydrogens is 437 g/mol. The van der Waals surface area contributed by atoms with Crippen molar-refractivity contribution in [2.45, 2.75) is 39.3 Å². The zero-order valence-electron chi connectivity index (χ0n) is 16.4. The van der Waals surface area contributed by atoms with E-state index < -0.39 is 17.9 Å². The predicted octanol–water partition coefficient (Wildman–Crippen LogP) is 4.17. The summed E-state index contributed by atoms with van der Waals surface area (Å²) in [6.07, 6.45) is 2.99. The first-order valence-electron chi connectivity index (χ1n) is 9.03. The van der Waals surface area contributed by atoms with Gasteiger partial charge in [-0.25, -0.2) is 4.79 Å². The number of nitrogens with one attached hydrogen (secondary N) is 1. The van der Waals surface area contributed by atoms with Gasteiger partial charge in [-0.2, -0.15) is 16.7 Å². The fourth-order valence-corrected chi connectivity index (χ4v) is 3.39. The highest BCUT2D eigenvalue weighted by Gasteiger charge is 2.24. The van der Waals surface area contributed by atoms with Gasteiger partial charge >= 0.3 is 5.97 Å². The molecule has 29 heavy (non-hydrogen) atoms. The van der Waals surface area contributed by atoms with Gasteiger partial charge in [0, 0.05) is 11.4 Å². The van der Waals surface area contributed by atoms with Crippen LogP contribution in [0.2, 0.25) is 10.0 Å². The van der Waals surface area contributed by atoms with Crippen LogP contribution in [0.5, 0.6) is 0 Å². The number of hydrogen-bond acceptors (Lipinski definition) is 7. The smallest absolute Gasteiger partial charge is 0.329 e. The number of halogens is 2. The fourth-order valence-electron chi connectivity index (χ4n) is 2.42. The van der Waals surface area contributed by atoms with E-state index in [-0.39, 0.29) is 23.1 Å². The molecule has 10 heteroatoms. The van der Waals surface area contributed by atoms with Crippen molar-refractivity contribution in [3.8, 4) is 0 Å². The van der Waals surface area contributed by atoms with Crippen molar-refractivity contribution < 1.29 is 18.8 Å². The number of esters is 1. The molecule has 1 heterocycles. The zero-order valence-corrected chi connectivity index (χ0v) is 18.7. The highest BCUT2D eigenvalue weighted by molar-refractivity contribution is 7.98. The maximum Gasteiger partial charge on any atom is 0.329 e. The van der Waals surface area contributed by atoms with Crippen molar-refractivity contribution >= 4 is 46.8 Å². The summed E-state index contributed by atoms with van der Waals surface area (Å²) in [5.74, 6) is 0.759. The molecule has 1 atom stereocenters.